The molecule has 2 rings (SSSR count). The number of rotatable bonds is 6. The van der Waals surface area contributed by atoms with Crippen molar-refractivity contribution in [1.82, 2.24) is 4.90 Å². The smallest absolute Gasteiger partial charge is 0.103 e. The van der Waals surface area contributed by atoms with Crippen molar-refractivity contribution >= 4 is 29.0 Å². The first kappa shape index (κ1) is 13.8. The fourth-order valence-electron chi connectivity index (χ4n) is 2.20. The molecule has 0 saturated carbocycles. The molecule has 2 nitrogen and oxygen atoms in total. The van der Waals surface area contributed by atoms with Crippen LogP contribution in [0.2, 0.25) is 0 Å². The third kappa shape index (κ3) is 4.26. The van der Waals surface area contributed by atoms with Gasteiger partial charge in [-0.1, -0.05) is 30.4 Å². The molecule has 2 N–H and O–H groups in total. The Bertz CT molecular complexity index is 401. The van der Waals surface area contributed by atoms with Gasteiger partial charge in [0, 0.05) is 23.6 Å². The van der Waals surface area contributed by atoms with Crippen LogP contribution >= 0.6 is 24.0 Å². The maximum absolute atomic E-state index is 5.64. The highest BCUT2D eigenvalue weighted by molar-refractivity contribution is 7.98. The average molecular weight is 280 g/mol. The van der Waals surface area contributed by atoms with E-state index >= 15 is 0 Å². The molecule has 1 aromatic rings. The molecule has 18 heavy (non-hydrogen) atoms. The number of thioether (sulfide) groups is 1. The number of likely N-dealkylation sites (tertiary alicyclic amines) is 1. The van der Waals surface area contributed by atoms with Gasteiger partial charge >= 0.3 is 0 Å². The summed E-state index contributed by atoms with van der Waals surface area (Å²) in [6, 6.07) is 8.25. The first-order chi connectivity index (χ1) is 8.75. The van der Waals surface area contributed by atoms with Crippen LogP contribution in [0.3, 0.4) is 0 Å². The highest BCUT2D eigenvalue weighted by Gasteiger charge is 2.10. The number of hydrogen-bond acceptors (Lipinski definition) is 3. The van der Waals surface area contributed by atoms with E-state index in [1.807, 2.05) is 23.9 Å². The summed E-state index contributed by atoms with van der Waals surface area (Å²) in [5, 5.41) is 0. The summed E-state index contributed by atoms with van der Waals surface area (Å²) in [5.41, 5.74) is 7.92. The predicted octanol–water partition coefficient (Wildman–Crippen LogP) is 2.65. The van der Waals surface area contributed by atoms with E-state index in [-0.39, 0.29) is 0 Å². The maximum Gasteiger partial charge on any atom is 0.103 e. The molecule has 1 heterocycles. The Morgan fingerprint density at radius 1 is 1.33 bits per heavy atom. The molecule has 1 saturated heterocycles. The van der Waals surface area contributed by atoms with Gasteiger partial charge in [-0.05, 0) is 37.6 Å². The van der Waals surface area contributed by atoms with Gasteiger partial charge < -0.3 is 10.6 Å². The van der Waals surface area contributed by atoms with Crippen molar-refractivity contribution < 1.29 is 0 Å². The average Bonchev–Trinajstić information content (AvgIpc) is 2.88. The fraction of sp³-hybridized carbons (Fsp3) is 0.500. The molecular formula is C14H20N2S2. The summed E-state index contributed by atoms with van der Waals surface area (Å²) in [7, 11) is 0. The van der Waals surface area contributed by atoms with Crippen LogP contribution in [0.25, 0.3) is 0 Å². The first-order valence-electron chi connectivity index (χ1n) is 6.44. The van der Waals surface area contributed by atoms with Crippen LogP contribution in [-0.2, 0) is 5.75 Å². The van der Waals surface area contributed by atoms with Gasteiger partial charge in [0.1, 0.15) is 4.99 Å². The van der Waals surface area contributed by atoms with Crippen molar-refractivity contribution in [2.24, 2.45) is 5.73 Å². The van der Waals surface area contributed by atoms with E-state index in [1.165, 1.54) is 43.8 Å². The van der Waals surface area contributed by atoms with Gasteiger partial charge in [-0.3, -0.25) is 0 Å². The molecule has 0 unspecified atom stereocenters. The lowest BCUT2D eigenvalue weighted by Crippen LogP contribution is -2.21. The fourth-order valence-corrected chi connectivity index (χ4v) is 3.28. The zero-order valence-corrected chi connectivity index (χ0v) is 12.2. The van der Waals surface area contributed by atoms with Crippen molar-refractivity contribution in [1.29, 1.82) is 0 Å². The zero-order valence-electron chi connectivity index (χ0n) is 10.6. The highest BCUT2D eigenvalue weighted by Crippen LogP contribution is 2.15. The minimum Gasteiger partial charge on any atom is -0.389 e. The Morgan fingerprint density at radius 3 is 2.83 bits per heavy atom. The van der Waals surface area contributed by atoms with Crippen molar-refractivity contribution in [3.8, 4) is 0 Å². The summed E-state index contributed by atoms with van der Waals surface area (Å²) < 4.78 is 0. The maximum atomic E-state index is 5.64. The van der Waals surface area contributed by atoms with E-state index in [0.717, 1.165) is 11.3 Å². The Labute approximate surface area is 119 Å². The first-order valence-corrected chi connectivity index (χ1v) is 8.01. The molecule has 1 aliphatic heterocycles. The molecule has 0 aromatic heterocycles. The topological polar surface area (TPSA) is 29.3 Å². The van der Waals surface area contributed by atoms with Crippen LogP contribution in [-0.4, -0.2) is 35.3 Å². The molecule has 98 valence electrons. The summed E-state index contributed by atoms with van der Waals surface area (Å²) in [6.07, 6.45) is 2.75. The van der Waals surface area contributed by atoms with Gasteiger partial charge in [0.15, 0.2) is 0 Å². The molecule has 1 aromatic carbocycles. The van der Waals surface area contributed by atoms with Gasteiger partial charge in [-0.2, -0.15) is 11.8 Å². The van der Waals surface area contributed by atoms with Crippen molar-refractivity contribution in [2.45, 2.75) is 18.6 Å². The number of nitrogens with two attached hydrogens (primary N) is 1. The predicted molar refractivity (Wildman–Crippen MR) is 84.2 cm³/mol. The molecule has 1 fully saturated rings. The molecule has 1 aliphatic rings. The summed E-state index contributed by atoms with van der Waals surface area (Å²) >= 11 is 6.98. The van der Waals surface area contributed by atoms with Crippen LogP contribution < -0.4 is 5.73 Å². The second-order valence-electron chi connectivity index (χ2n) is 4.67. The molecular weight excluding hydrogens is 260 g/mol. The summed E-state index contributed by atoms with van der Waals surface area (Å²) in [5.74, 6) is 2.25. The lowest BCUT2D eigenvalue weighted by molar-refractivity contribution is 0.362. The van der Waals surface area contributed by atoms with Gasteiger partial charge in [0.2, 0.25) is 0 Å². The van der Waals surface area contributed by atoms with E-state index in [0.29, 0.717) is 4.99 Å². The normalized spacial score (nSPS) is 16.0. The van der Waals surface area contributed by atoms with E-state index < -0.39 is 0 Å². The van der Waals surface area contributed by atoms with Gasteiger partial charge in [-0.25, -0.2) is 0 Å². The number of thiocarbonyl (C=S) groups is 1. The third-order valence-electron chi connectivity index (χ3n) is 3.23. The Morgan fingerprint density at radius 2 is 2.11 bits per heavy atom. The summed E-state index contributed by atoms with van der Waals surface area (Å²) in [6.45, 7) is 3.80. The van der Waals surface area contributed by atoms with Crippen LogP contribution in [0.5, 0.6) is 0 Å². The van der Waals surface area contributed by atoms with Gasteiger partial charge in [0.05, 0.1) is 0 Å². The van der Waals surface area contributed by atoms with Crippen LogP contribution in [0.4, 0.5) is 0 Å². The standard InChI is InChI=1S/C14H20N2S2/c15-14(17)13-5-3-4-12(10-13)11-18-9-8-16-6-1-2-7-16/h3-5,10H,1-2,6-9,11H2,(H2,15,17). The van der Waals surface area contributed by atoms with E-state index in [2.05, 4.69) is 17.0 Å². The number of benzene rings is 1. The lowest BCUT2D eigenvalue weighted by Gasteiger charge is -2.13. The lowest BCUT2D eigenvalue weighted by atomic mass is 10.1. The molecule has 0 radical (unpaired) electrons. The van der Waals surface area contributed by atoms with E-state index in [4.69, 9.17) is 18.0 Å². The SMILES string of the molecule is NC(=S)c1cccc(CSCCN2CCCC2)c1. The quantitative estimate of drug-likeness (QED) is 0.641. The monoisotopic (exact) mass is 280 g/mol. The van der Waals surface area contributed by atoms with Crippen molar-refractivity contribution in [3.05, 3.63) is 35.4 Å². The molecule has 0 spiro atoms. The zero-order chi connectivity index (χ0) is 12.8. The van der Waals surface area contributed by atoms with Crippen LogP contribution in [0, 0.1) is 0 Å². The Kier molecular flexibility index (Phi) is 5.47. The van der Waals surface area contributed by atoms with Gasteiger partial charge in [0.25, 0.3) is 0 Å². The molecule has 0 amide bonds. The summed E-state index contributed by atoms with van der Waals surface area (Å²) in [4.78, 5) is 3.04. The minimum absolute atomic E-state index is 0.485. The van der Waals surface area contributed by atoms with Crippen molar-refractivity contribution in [2.75, 3.05) is 25.4 Å². The molecule has 0 atom stereocenters. The highest BCUT2D eigenvalue weighted by atomic mass is 32.2. The molecule has 0 aliphatic carbocycles. The number of hydrogen-bond donors (Lipinski definition) is 1. The Balaban J connectivity index is 1.72. The van der Waals surface area contributed by atoms with Gasteiger partial charge in [-0.15, -0.1) is 0 Å². The molecule has 0 bridgehead atoms. The number of nitrogens with zero attached hydrogens (tertiary/aromatic N) is 1. The van der Waals surface area contributed by atoms with Crippen LogP contribution in [0.15, 0.2) is 24.3 Å². The van der Waals surface area contributed by atoms with Crippen molar-refractivity contribution in [3.63, 3.8) is 0 Å². The van der Waals surface area contributed by atoms with Crippen LogP contribution in [0.1, 0.15) is 24.0 Å². The molecule has 4 heteroatoms. The van der Waals surface area contributed by atoms with E-state index in [9.17, 15) is 0 Å². The minimum atomic E-state index is 0.485. The second-order valence-corrected chi connectivity index (χ2v) is 6.21. The largest absolute Gasteiger partial charge is 0.389 e. The Hall–Kier alpha value is -0.580. The third-order valence-corrected chi connectivity index (χ3v) is 4.48. The van der Waals surface area contributed by atoms with E-state index in [1.54, 1.807) is 0 Å². The second kappa shape index (κ2) is 7.12.